The minimum atomic E-state index is 0.304. The molecule has 72 valence electrons. The zero-order chi connectivity index (χ0) is 9.68. The van der Waals surface area contributed by atoms with Crippen molar-refractivity contribution in [2.75, 3.05) is 0 Å². The number of rotatable bonds is 5. The molecule has 0 aliphatic heterocycles. The predicted molar refractivity (Wildman–Crippen MR) is 51.8 cm³/mol. The third-order valence-corrected chi connectivity index (χ3v) is 2.03. The van der Waals surface area contributed by atoms with Gasteiger partial charge in [-0.05, 0) is 6.42 Å². The van der Waals surface area contributed by atoms with Crippen molar-refractivity contribution in [3.05, 3.63) is 17.4 Å². The molecule has 0 N–H and O–H groups in total. The first-order valence-corrected chi connectivity index (χ1v) is 4.80. The Bertz CT molecular complexity index is 283. The van der Waals surface area contributed by atoms with E-state index in [9.17, 15) is 4.79 Å². The molecule has 1 aromatic rings. The number of Topliss-reactive ketones (excluding diaryl/α,β-unsaturated/α-hetero) is 1. The maximum absolute atomic E-state index is 11.0. The van der Waals surface area contributed by atoms with Crippen LogP contribution >= 0.6 is 11.6 Å². The summed E-state index contributed by atoms with van der Waals surface area (Å²) in [6, 6.07) is 0. The molecule has 1 rings (SSSR count). The van der Waals surface area contributed by atoms with Gasteiger partial charge in [-0.15, -0.1) is 0 Å². The van der Waals surface area contributed by atoms with E-state index >= 15 is 0 Å². The average Bonchev–Trinajstić information content (AvgIpc) is 2.51. The van der Waals surface area contributed by atoms with Gasteiger partial charge in [0.25, 0.3) is 0 Å². The van der Waals surface area contributed by atoms with Crippen molar-refractivity contribution in [1.29, 1.82) is 0 Å². The summed E-state index contributed by atoms with van der Waals surface area (Å²) in [6.07, 6.45) is 5.46. The Labute approximate surface area is 82.7 Å². The SMILES string of the molecule is CCC(=O)CCCn1cc(Cl)cn1. The van der Waals surface area contributed by atoms with Gasteiger partial charge in [-0.25, -0.2) is 0 Å². The standard InChI is InChI=1S/C9H13ClN2O/c1-2-9(13)4-3-5-12-7-8(10)6-11-12/h6-7H,2-5H2,1H3. The minimum absolute atomic E-state index is 0.304. The highest BCUT2D eigenvalue weighted by atomic mass is 35.5. The normalized spacial score (nSPS) is 10.3. The molecular formula is C9H13ClN2O. The minimum Gasteiger partial charge on any atom is -0.300 e. The van der Waals surface area contributed by atoms with Crippen LogP contribution in [0.5, 0.6) is 0 Å². The van der Waals surface area contributed by atoms with Crippen molar-refractivity contribution in [3.8, 4) is 0 Å². The van der Waals surface area contributed by atoms with Crippen LogP contribution in [-0.4, -0.2) is 15.6 Å². The molecule has 0 bridgehead atoms. The highest BCUT2D eigenvalue weighted by Crippen LogP contribution is 2.06. The molecule has 0 aromatic carbocycles. The molecule has 3 nitrogen and oxygen atoms in total. The van der Waals surface area contributed by atoms with E-state index in [0.29, 0.717) is 23.6 Å². The molecule has 4 heteroatoms. The number of aromatic nitrogens is 2. The molecule has 0 saturated heterocycles. The molecule has 13 heavy (non-hydrogen) atoms. The quantitative estimate of drug-likeness (QED) is 0.731. The fourth-order valence-corrected chi connectivity index (χ4v) is 1.23. The largest absolute Gasteiger partial charge is 0.300 e. The first kappa shape index (κ1) is 10.3. The maximum Gasteiger partial charge on any atom is 0.132 e. The Morgan fingerprint density at radius 1 is 1.69 bits per heavy atom. The van der Waals surface area contributed by atoms with Crippen LogP contribution in [0.25, 0.3) is 0 Å². The first-order chi connectivity index (χ1) is 6.22. The molecule has 0 aliphatic carbocycles. The molecule has 0 aliphatic rings. The number of carbonyl (C=O) groups is 1. The van der Waals surface area contributed by atoms with Gasteiger partial charge < -0.3 is 0 Å². The highest BCUT2D eigenvalue weighted by molar-refractivity contribution is 6.30. The molecule has 1 aromatic heterocycles. The summed E-state index contributed by atoms with van der Waals surface area (Å²) in [7, 11) is 0. The number of aryl methyl sites for hydroxylation is 1. The fraction of sp³-hybridized carbons (Fsp3) is 0.556. The van der Waals surface area contributed by atoms with Crippen LogP contribution in [-0.2, 0) is 11.3 Å². The van der Waals surface area contributed by atoms with Gasteiger partial charge in [0.05, 0.1) is 11.2 Å². The van der Waals surface area contributed by atoms with Crippen molar-refractivity contribution in [3.63, 3.8) is 0 Å². The molecule has 0 amide bonds. The summed E-state index contributed by atoms with van der Waals surface area (Å²) >= 11 is 5.68. The zero-order valence-electron chi connectivity index (χ0n) is 7.66. The van der Waals surface area contributed by atoms with Crippen molar-refractivity contribution in [2.24, 2.45) is 0 Å². The van der Waals surface area contributed by atoms with E-state index in [0.717, 1.165) is 13.0 Å². The van der Waals surface area contributed by atoms with E-state index < -0.39 is 0 Å². The van der Waals surface area contributed by atoms with Crippen LogP contribution in [0.3, 0.4) is 0 Å². The van der Waals surface area contributed by atoms with Crippen molar-refractivity contribution < 1.29 is 4.79 Å². The van der Waals surface area contributed by atoms with Gasteiger partial charge in [-0.2, -0.15) is 5.10 Å². The Balaban J connectivity index is 2.24. The lowest BCUT2D eigenvalue weighted by atomic mass is 10.2. The summed E-state index contributed by atoms with van der Waals surface area (Å²) in [5.74, 6) is 0.304. The van der Waals surface area contributed by atoms with Gasteiger partial charge in [0.1, 0.15) is 5.78 Å². The topological polar surface area (TPSA) is 34.9 Å². The summed E-state index contributed by atoms with van der Waals surface area (Å²) in [5, 5.41) is 4.65. The van der Waals surface area contributed by atoms with Gasteiger partial charge in [0.15, 0.2) is 0 Å². The van der Waals surface area contributed by atoms with Gasteiger partial charge in [0, 0.05) is 25.6 Å². The Morgan fingerprint density at radius 3 is 3.00 bits per heavy atom. The number of nitrogens with zero attached hydrogens (tertiary/aromatic N) is 2. The lowest BCUT2D eigenvalue weighted by molar-refractivity contribution is -0.118. The number of halogens is 1. The summed E-state index contributed by atoms with van der Waals surface area (Å²) in [4.78, 5) is 11.0. The average molecular weight is 201 g/mol. The third kappa shape index (κ3) is 3.59. The third-order valence-electron chi connectivity index (χ3n) is 1.84. The molecule has 0 spiro atoms. The van der Waals surface area contributed by atoms with Crippen LogP contribution in [0.4, 0.5) is 0 Å². The van der Waals surface area contributed by atoms with Gasteiger partial charge >= 0.3 is 0 Å². The van der Waals surface area contributed by atoms with Gasteiger partial charge in [-0.1, -0.05) is 18.5 Å². The van der Waals surface area contributed by atoms with Crippen LogP contribution in [0.1, 0.15) is 26.2 Å². The van der Waals surface area contributed by atoms with E-state index in [2.05, 4.69) is 5.10 Å². The Kier molecular flexibility index (Phi) is 3.96. The maximum atomic E-state index is 11.0. The Morgan fingerprint density at radius 2 is 2.46 bits per heavy atom. The monoisotopic (exact) mass is 200 g/mol. The van der Waals surface area contributed by atoms with Crippen LogP contribution in [0, 0.1) is 0 Å². The van der Waals surface area contributed by atoms with E-state index in [1.807, 2.05) is 6.92 Å². The second-order valence-corrected chi connectivity index (χ2v) is 3.35. The van der Waals surface area contributed by atoms with Gasteiger partial charge in [0.2, 0.25) is 0 Å². The van der Waals surface area contributed by atoms with E-state index in [-0.39, 0.29) is 0 Å². The zero-order valence-corrected chi connectivity index (χ0v) is 8.42. The number of hydrogen-bond acceptors (Lipinski definition) is 2. The molecule has 1 heterocycles. The summed E-state index contributed by atoms with van der Waals surface area (Å²) < 4.78 is 1.76. The predicted octanol–water partition coefficient (Wildman–Crippen LogP) is 2.30. The summed E-state index contributed by atoms with van der Waals surface area (Å²) in [6.45, 7) is 2.64. The van der Waals surface area contributed by atoms with Crippen molar-refractivity contribution in [2.45, 2.75) is 32.7 Å². The van der Waals surface area contributed by atoms with Crippen molar-refractivity contribution >= 4 is 17.4 Å². The molecule has 0 fully saturated rings. The number of hydrogen-bond donors (Lipinski definition) is 0. The Hall–Kier alpha value is -0.830. The lowest BCUT2D eigenvalue weighted by Gasteiger charge is -1.99. The van der Waals surface area contributed by atoms with E-state index in [4.69, 9.17) is 11.6 Å². The van der Waals surface area contributed by atoms with Gasteiger partial charge in [-0.3, -0.25) is 9.48 Å². The second-order valence-electron chi connectivity index (χ2n) is 2.92. The molecular weight excluding hydrogens is 188 g/mol. The first-order valence-electron chi connectivity index (χ1n) is 4.42. The highest BCUT2D eigenvalue weighted by Gasteiger charge is 1.99. The lowest BCUT2D eigenvalue weighted by Crippen LogP contribution is -2.02. The van der Waals surface area contributed by atoms with Crippen LogP contribution in [0.2, 0.25) is 5.02 Å². The summed E-state index contributed by atoms with van der Waals surface area (Å²) in [5.41, 5.74) is 0. The van der Waals surface area contributed by atoms with Crippen molar-refractivity contribution in [1.82, 2.24) is 9.78 Å². The number of carbonyl (C=O) groups excluding carboxylic acids is 1. The smallest absolute Gasteiger partial charge is 0.132 e. The second kappa shape index (κ2) is 5.02. The molecule has 0 unspecified atom stereocenters. The fourth-order valence-electron chi connectivity index (χ4n) is 1.08. The number of ketones is 1. The van der Waals surface area contributed by atoms with Crippen LogP contribution < -0.4 is 0 Å². The molecule has 0 atom stereocenters. The van der Waals surface area contributed by atoms with E-state index in [1.54, 1.807) is 17.1 Å². The molecule has 0 radical (unpaired) electrons. The molecule has 0 saturated carbocycles. The van der Waals surface area contributed by atoms with Crippen LogP contribution in [0.15, 0.2) is 12.4 Å². The van der Waals surface area contributed by atoms with E-state index in [1.165, 1.54) is 0 Å².